The molecule has 0 aromatic heterocycles. The van der Waals surface area contributed by atoms with Crippen LogP contribution in [0.4, 0.5) is 4.79 Å². The summed E-state index contributed by atoms with van der Waals surface area (Å²) in [5.41, 5.74) is 1.18. The van der Waals surface area contributed by atoms with Gasteiger partial charge in [0.05, 0.1) is 6.42 Å². The number of benzene rings is 1. The highest BCUT2D eigenvalue weighted by atomic mass is 35.5. The van der Waals surface area contributed by atoms with E-state index in [9.17, 15) is 9.59 Å². The summed E-state index contributed by atoms with van der Waals surface area (Å²) in [6, 6.07) is 7.35. The Hall–Kier alpha value is -1.75. The summed E-state index contributed by atoms with van der Waals surface area (Å²) in [7, 11) is 0. The van der Waals surface area contributed by atoms with Gasteiger partial charge in [-0.2, -0.15) is 0 Å². The Kier molecular flexibility index (Phi) is 4.49. The summed E-state index contributed by atoms with van der Waals surface area (Å²) < 4.78 is 0. The molecule has 1 fully saturated rings. The summed E-state index contributed by atoms with van der Waals surface area (Å²) in [6.07, 6.45) is 1.99. The van der Waals surface area contributed by atoms with Crippen LogP contribution in [0.5, 0.6) is 0 Å². The molecule has 3 N–H and O–H groups in total. The Bertz CT molecular complexity index is 498. The first-order valence-electron chi connectivity index (χ1n) is 6.51. The highest BCUT2D eigenvalue weighted by molar-refractivity contribution is 6.30. The predicted molar refractivity (Wildman–Crippen MR) is 76.0 cm³/mol. The lowest BCUT2D eigenvalue weighted by Gasteiger charge is -2.17. The zero-order chi connectivity index (χ0) is 14.6. The van der Waals surface area contributed by atoms with Crippen LogP contribution in [-0.4, -0.2) is 30.2 Å². The van der Waals surface area contributed by atoms with Crippen molar-refractivity contribution in [3.05, 3.63) is 34.9 Å². The number of carboxylic acids is 1. The van der Waals surface area contributed by atoms with Crippen molar-refractivity contribution in [2.45, 2.75) is 24.7 Å². The number of halogens is 1. The highest BCUT2D eigenvalue weighted by Crippen LogP contribution is 2.47. The van der Waals surface area contributed by atoms with Crippen molar-refractivity contribution in [1.29, 1.82) is 0 Å². The van der Waals surface area contributed by atoms with Gasteiger partial charge in [0, 0.05) is 23.5 Å². The maximum absolute atomic E-state index is 11.5. The molecule has 0 spiro atoms. The number of hydrogen-bond donors (Lipinski definition) is 3. The average Bonchev–Trinajstić information content (AvgIpc) is 3.18. The third-order valence-corrected chi connectivity index (χ3v) is 3.77. The summed E-state index contributed by atoms with van der Waals surface area (Å²) in [4.78, 5) is 21.9. The maximum atomic E-state index is 11.5. The second-order valence-corrected chi connectivity index (χ2v) is 5.48. The van der Waals surface area contributed by atoms with Gasteiger partial charge in [-0.05, 0) is 30.5 Å². The Morgan fingerprint density at radius 3 is 2.40 bits per heavy atom. The molecule has 1 aliphatic rings. The molecule has 2 amide bonds. The van der Waals surface area contributed by atoms with Crippen molar-refractivity contribution >= 4 is 23.6 Å². The molecule has 2 rings (SSSR count). The van der Waals surface area contributed by atoms with E-state index in [4.69, 9.17) is 16.7 Å². The summed E-state index contributed by atoms with van der Waals surface area (Å²) in [5, 5.41) is 14.5. The van der Waals surface area contributed by atoms with Crippen LogP contribution in [0.1, 0.15) is 24.8 Å². The molecule has 0 atom stereocenters. The summed E-state index contributed by atoms with van der Waals surface area (Å²) in [6.45, 7) is 0.683. The van der Waals surface area contributed by atoms with Crippen LogP contribution >= 0.6 is 11.6 Å². The first-order valence-corrected chi connectivity index (χ1v) is 6.89. The smallest absolute Gasteiger partial charge is 0.314 e. The number of nitrogens with one attached hydrogen (secondary N) is 2. The van der Waals surface area contributed by atoms with Crippen LogP contribution < -0.4 is 10.6 Å². The molecule has 5 nitrogen and oxygen atoms in total. The Morgan fingerprint density at radius 1 is 1.20 bits per heavy atom. The minimum absolute atomic E-state index is 0.00866. The van der Waals surface area contributed by atoms with Crippen molar-refractivity contribution in [3.8, 4) is 0 Å². The first kappa shape index (κ1) is 14.7. The molecule has 0 saturated heterocycles. The van der Waals surface area contributed by atoms with Gasteiger partial charge < -0.3 is 15.7 Å². The normalized spacial score (nSPS) is 15.4. The Labute approximate surface area is 122 Å². The lowest BCUT2D eigenvalue weighted by atomic mass is 9.96. The van der Waals surface area contributed by atoms with Gasteiger partial charge in [0.2, 0.25) is 0 Å². The number of amides is 2. The number of aliphatic carboxylic acids is 1. The van der Waals surface area contributed by atoms with E-state index in [0.29, 0.717) is 11.6 Å². The van der Waals surface area contributed by atoms with Crippen molar-refractivity contribution in [3.63, 3.8) is 0 Å². The summed E-state index contributed by atoms with van der Waals surface area (Å²) in [5.74, 6) is -0.926. The van der Waals surface area contributed by atoms with E-state index in [2.05, 4.69) is 10.6 Å². The van der Waals surface area contributed by atoms with E-state index < -0.39 is 5.97 Å². The third kappa shape index (κ3) is 3.87. The van der Waals surface area contributed by atoms with Gasteiger partial charge in [0.1, 0.15) is 0 Å². The van der Waals surface area contributed by atoms with Crippen LogP contribution in [0.15, 0.2) is 24.3 Å². The van der Waals surface area contributed by atoms with E-state index in [1.807, 2.05) is 24.3 Å². The van der Waals surface area contributed by atoms with Gasteiger partial charge in [0.25, 0.3) is 0 Å². The van der Waals surface area contributed by atoms with Crippen LogP contribution in [0.2, 0.25) is 5.02 Å². The fourth-order valence-corrected chi connectivity index (χ4v) is 2.24. The second-order valence-electron chi connectivity index (χ2n) is 5.04. The number of urea groups is 1. The molecule has 1 aromatic carbocycles. The predicted octanol–water partition coefficient (Wildman–Crippen LogP) is 2.15. The van der Waals surface area contributed by atoms with Gasteiger partial charge in [-0.3, -0.25) is 4.79 Å². The topological polar surface area (TPSA) is 78.4 Å². The minimum atomic E-state index is -0.926. The molecular formula is C14H17ClN2O3. The molecule has 1 saturated carbocycles. The zero-order valence-corrected chi connectivity index (χ0v) is 11.7. The standard InChI is InChI=1S/C14H17ClN2O3/c15-11-3-1-10(2-4-11)14(6-7-14)9-17-13(20)16-8-5-12(18)19/h1-4H,5-9H2,(H,18,19)(H2,16,17,20). The molecule has 0 bridgehead atoms. The molecule has 0 heterocycles. The molecule has 6 heteroatoms. The number of rotatable bonds is 6. The largest absolute Gasteiger partial charge is 0.481 e. The molecule has 0 unspecified atom stereocenters. The van der Waals surface area contributed by atoms with Crippen molar-refractivity contribution in [2.75, 3.05) is 13.1 Å². The van der Waals surface area contributed by atoms with E-state index >= 15 is 0 Å². The van der Waals surface area contributed by atoms with Crippen LogP contribution in [-0.2, 0) is 10.2 Å². The zero-order valence-electron chi connectivity index (χ0n) is 11.0. The number of hydrogen-bond acceptors (Lipinski definition) is 2. The fourth-order valence-electron chi connectivity index (χ4n) is 2.12. The van der Waals surface area contributed by atoms with Crippen LogP contribution in [0, 0.1) is 0 Å². The third-order valence-electron chi connectivity index (χ3n) is 3.52. The van der Waals surface area contributed by atoms with Crippen LogP contribution in [0.25, 0.3) is 0 Å². The first-order chi connectivity index (χ1) is 9.52. The Morgan fingerprint density at radius 2 is 1.85 bits per heavy atom. The SMILES string of the molecule is O=C(O)CCNC(=O)NCC1(c2ccc(Cl)cc2)CC1. The number of carbonyl (C=O) groups is 2. The van der Waals surface area contributed by atoms with Crippen molar-refractivity contribution in [1.82, 2.24) is 10.6 Å². The molecular weight excluding hydrogens is 280 g/mol. The monoisotopic (exact) mass is 296 g/mol. The summed E-state index contributed by atoms with van der Waals surface area (Å²) >= 11 is 5.86. The Balaban J connectivity index is 1.80. The average molecular weight is 297 g/mol. The molecule has 108 valence electrons. The fraction of sp³-hybridized carbons (Fsp3) is 0.429. The second kappa shape index (κ2) is 6.13. The van der Waals surface area contributed by atoms with Gasteiger partial charge in [-0.15, -0.1) is 0 Å². The van der Waals surface area contributed by atoms with Gasteiger partial charge in [0.15, 0.2) is 0 Å². The van der Waals surface area contributed by atoms with E-state index in [-0.39, 0.29) is 24.4 Å². The van der Waals surface area contributed by atoms with Crippen LogP contribution in [0.3, 0.4) is 0 Å². The van der Waals surface area contributed by atoms with Gasteiger partial charge in [-0.25, -0.2) is 4.79 Å². The quantitative estimate of drug-likeness (QED) is 0.752. The van der Waals surface area contributed by atoms with E-state index in [1.54, 1.807) is 0 Å². The van der Waals surface area contributed by atoms with Crippen molar-refractivity contribution < 1.29 is 14.7 Å². The molecule has 20 heavy (non-hydrogen) atoms. The molecule has 1 aromatic rings. The molecule has 0 radical (unpaired) electrons. The number of carbonyl (C=O) groups excluding carboxylic acids is 1. The van der Waals surface area contributed by atoms with Crippen molar-refractivity contribution in [2.24, 2.45) is 0 Å². The van der Waals surface area contributed by atoms with E-state index in [1.165, 1.54) is 5.56 Å². The lowest BCUT2D eigenvalue weighted by molar-refractivity contribution is -0.136. The molecule has 1 aliphatic carbocycles. The lowest BCUT2D eigenvalue weighted by Crippen LogP contribution is -2.40. The minimum Gasteiger partial charge on any atom is -0.481 e. The molecule has 0 aliphatic heterocycles. The highest BCUT2D eigenvalue weighted by Gasteiger charge is 2.44. The number of carboxylic acid groups (broad SMARTS) is 1. The van der Waals surface area contributed by atoms with E-state index in [0.717, 1.165) is 12.8 Å². The van der Waals surface area contributed by atoms with Gasteiger partial charge >= 0.3 is 12.0 Å². The van der Waals surface area contributed by atoms with Gasteiger partial charge in [-0.1, -0.05) is 23.7 Å². The maximum Gasteiger partial charge on any atom is 0.314 e.